The second-order valence-corrected chi connectivity index (χ2v) is 7.01. The van der Waals surface area contributed by atoms with Gasteiger partial charge in [-0.05, 0) is 30.5 Å². The highest BCUT2D eigenvalue weighted by atomic mass is 19.2. The Bertz CT molecular complexity index is 718. The molecule has 7 nitrogen and oxygen atoms in total. The van der Waals surface area contributed by atoms with Gasteiger partial charge in [-0.3, -0.25) is 4.79 Å². The van der Waals surface area contributed by atoms with Crippen molar-refractivity contribution in [3.8, 4) is 0 Å². The molecule has 0 saturated carbocycles. The molecular weight excluding hydrogens is 358 g/mol. The molecule has 2 aliphatic rings. The highest BCUT2D eigenvalue weighted by Gasteiger charge is 2.41. The number of rotatable bonds is 7. The number of carbonyl (C=O) groups is 2. The minimum absolute atomic E-state index is 0.0789. The van der Waals surface area contributed by atoms with Crippen LogP contribution in [0.5, 0.6) is 0 Å². The summed E-state index contributed by atoms with van der Waals surface area (Å²) in [4.78, 5) is 27.3. The molecule has 0 unspecified atom stereocenters. The van der Waals surface area contributed by atoms with Crippen LogP contribution in [0, 0.1) is 11.6 Å². The summed E-state index contributed by atoms with van der Waals surface area (Å²) in [7, 11) is 0. The zero-order valence-electron chi connectivity index (χ0n) is 15.0. The largest absolute Gasteiger partial charge is 0.379 e. The number of likely N-dealkylation sites (tertiary alicyclic amines) is 1. The molecule has 148 valence electrons. The zero-order chi connectivity index (χ0) is 19.4. The average molecular weight is 382 g/mol. The minimum atomic E-state index is -1.54. The summed E-state index contributed by atoms with van der Waals surface area (Å²) in [5, 5.41) is 16.5. The number of halogens is 2. The van der Waals surface area contributed by atoms with E-state index in [-0.39, 0.29) is 19.1 Å². The number of hydrogen-bond acceptors (Lipinski definition) is 4. The highest BCUT2D eigenvalue weighted by molar-refractivity contribution is 5.86. The lowest BCUT2D eigenvalue weighted by molar-refractivity contribution is -0.157. The molecule has 1 atom stereocenters. The SMILES string of the molecule is O=C1NCCN1CCNC[C@@]1(O)CCCN(Cc2ccc(F)c(F)c2)C1=O. The Hall–Kier alpha value is -2.26. The van der Waals surface area contributed by atoms with Crippen molar-refractivity contribution in [3.05, 3.63) is 35.4 Å². The fourth-order valence-corrected chi connectivity index (χ4v) is 3.47. The molecule has 3 N–H and O–H groups in total. The van der Waals surface area contributed by atoms with Crippen LogP contribution in [0.15, 0.2) is 18.2 Å². The topological polar surface area (TPSA) is 84.9 Å². The van der Waals surface area contributed by atoms with E-state index < -0.39 is 23.1 Å². The van der Waals surface area contributed by atoms with E-state index in [1.807, 2.05) is 0 Å². The van der Waals surface area contributed by atoms with Crippen LogP contribution in [-0.2, 0) is 11.3 Å². The second kappa shape index (κ2) is 8.18. The summed E-state index contributed by atoms with van der Waals surface area (Å²) in [5.74, 6) is -2.32. The first-order valence-electron chi connectivity index (χ1n) is 9.08. The number of nitrogens with zero attached hydrogens (tertiary/aromatic N) is 2. The van der Waals surface area contributed by atoms with Crippen LogP contribution in [0.2, 0.25) is 0 Å². The van der Waals surface area contributed by atoms with Crippen molar-refractivity contribution in [2.75, 3.05) is 39.3 Å². The monoisotopic (exact) mass is 382 g/mol. The third-order valence-corrected chi connectivity index (χ3v) is 4.98. The molecule has 3 amide bonds. The van der Waals surface area contributed by atoms with E-state index in [0.717, 1.165) is 12.1 Å². The van der Waals surface area contributed by atoms with Gasteiger partial charge in [-0.25, -0.2) is 13.6 Å². The molecule has 27 heavy (non-hydrogen) atoms. The van der Waals surface area contributed by atoms with Gasteiger partial charge in [0.05, 0.1) is 0 Å². The summed E-state index contributed by atoms with van der Waals surface area (Å²) >= 11 is 0. The Morgan fingerprint density at radius 3 is 2.70 bits per heavy atom. The number of amides is 3. The molecule has 9 heteroatoms. The van der Waals surface area contributed by atoms with Gasteiger partial charge in [-0.1, -0.05) is 6.07 Å². The van der Waals surface area contributed by atoms with Crippen molar-refractivity contribution in [1.29, 1.82) is 0 Å². The summed E-state index contributed by atoms with van der Waals surface area (Å²) in [6.45, 7) is 2.88. The van der Waals surface area contributed by atoms with Gasteiger partial charge in [0.2, 0.25) is 0 Å². The summed E-state index contributed by atoms with van der Waals surface area (Å²) in [6.07, 6.45) is 0.944. The third kappa shape index (κ3) is 4.54. The third-order valence-electron chi connectivity index (χ3n) is 4.98. The van der Waals surface area contributed by atoms with Crippen molar-refractivity contribution in [2.24, 2.45) is 0 Å². The smallest absolute Gasteiger partial charge is 0.317 e. The number of nitrogens with one attached hydrogen (secondary N) is 2. The van der Waals surface area contributed by atoms with Gasteiger partial charge in [-0.2, -0.15) is 0 Å². The lowest BCUT2D eigenvalue weighted by atomic mass is 9.91. The summed E-state index contributed by atoms with van der Waals surface area (Å²) in [5.41, 5.74) is -1.07. The maximum absolute atomic E-state index is 13.4. The van der Waals surface area contributed by atoms with Gasteiger partial charge in [0.1, 0.15) is 0 Å². The molecule has 0 aromatic heterocycles. The molecule has 2 fully saturated rings. The van der Waals surface area contributed by atoms with Gasteiger partial charge in [0, 0.05) is 45.8 Å². The molecule has 2 heterocycles. The fourth-order valence-electron chi connectivity index (χ4n) is 3.47. The van der Waals surface area contributed by atoms with Crippen LogP contribution in [-0.4, -0.2) is 71.7 Å². The van der Waals surface area contributed by atoms with E-state index in [1.54, 1.807) is 4.90 Å². The molecule has 0 radical (unpaired) electrons. The molecule has 0 aliphatic carbocycles. The molecule has 2 aliphatic heterocycles. The van der Waals surface area contributed by atoms with Crippen LogP contribution in [0.4, 0.5) is 13.6 Å². The Kier molecular flexibility index (Phi) is 5.91. The highest BCUT2D eigenvalue weighted by Crippen LogP contribution is 2.24. The summed E-state index contributed by atoms with van der Waals surface area (Å²) in [6, 6.07) is 3.41. The Morgan fingerprint density at radius 1 is 1.19 bits per heavy atom. The van der Waals surface area contributed by atoms with Gasteiger partial charge in [0.25, 0.3) is 5.91 Å². The van der Waals surface area contributed by atoms with Gasteiger partial charge < -0.3 is 25.5 Å². The normalized spacial score (nSPS) is 23.1. The van der Waals surface area contributed by atoms with E-state index in [9.17, 15) is 23.5 Å². The molecule has 1 aromatic rings. The lowest BCUT2D eigenvalue weighted by Gasteiger charge is -2.38. The average Bonchev–Trinajstić information content (AvgIpc) is 3.04. The van der Waals surface area contributed by atoms with Gasteiger partial charge in [0.15, 0.2) is 17.2 Å². The molecular formula is C18H24F2N4O3. The first-order valence-corrected chi connectivity index (χ1v) is 9.08. The number of urea groups is 1. The van der Waals surface area contributed by atoms with Crippen molar-refractivity contribution >= 4 is 11.9 Å². The Labute approximate surface area is 156 Å². The van der Waals surface area contributed by atoms with Crippen molar-refractivity contribution < 1.29 is 23.5 Å². The quantitative estimate of drug-likeness (QED) is 0.598. The number of benzene rings is 1. The number of aliphatic hydroxyl groups is 1. The first-order chi connectivity index (χ1) is 12.9. The lowest BCUT2D eigenvalue weighted by Crippen LogP contribution is -2.58. The van der Waals surface area contributed by atoms with Crippen LogP contribution in [0.1, 0.15) is 18.4 Å². The van der Waals surface area contributed by atoms with E-state index in [4.69, 9.17) is 0 Å². The Morgan fingerprint density at radius 2 is 2.00 bits per heavy atom. The van der Waals surface area contributed by atoms with Crippen molar-refractivity contribution in [2.45, 2.75) is 25.0 Å². The minimum Gasteiger partial charge on any atom is -0.379 e. The number of carbonyl (C=O) groups excluding carboxylic acids is 2. The molecule has 0 spiro atoms. The zero-order valence-corrected chi connectivity index (χ0v) is 15.0. The molecule has 0 bridgehead atoms. The Balaban J connectivity index is 1.52. The van der Waals surface area contributed by atoms with Crippen molar-refractivity contribution in [1.82, 2.24) is 20.4 Å². The number of hydrogen-bond donors (Lipinski definition) is 3. The summed E-state index contributed by atoms with van der Waals surface area (Å²) < 4.78 is 26.4. The van der Waals surface area contributed by atoms with E-state index in [0.29, 0.717) is 51.1 Å². The van der Waals surface area contributed by atoms with E-state index in [1.165, 1.54) is 11.0 Å². The molecule has 3 rings (SSSR count). The van der Waals surface area contributed by atoms with Crippen LogP contribution < -0.4 is 10.6 Å². The van der Waals surface area contributed by atoms with Crippen LogP contribution in [0.3, 0.4) is 0 Å². The second-order valence-electron chi connectivity index (χ2n) is 7.01. The van der Waals surface area contributed by atoms with Gasteiger partial charge >= 0.3 is 6.03 Å². The fraction of sp³-hybridized carbons (Fsp3) is 0.556. The molecule has 2 saturated heterocycles. The predicted molar refractivity (Wildman–Crippen MR) is 93.8 cm³/mol. The maximum Gasteiger partial charge on any atom is 0.317 e. The van der Waals surface area contributed by atoms with Crippen LogP contribution in [0.25, 0.3) is 0 Å². The van der Waals surface area contributed by atoms with Crippen LogP contribution >= 0.6 is 0 Å². The standard InChI is InChI=1S/C18H24F2N4O3/c19-14-3-2-13(10-15(14)20)11-24-7-1-4-18(27,16(24)25)12-21-5-8-23-9-6-22-17(23)26/h2-3,10,21,27H,1,4-9,11-12H2,(H,22,26)/t18-/m0/s1. The first kappa shape index (κ1) is 19.5. The maximum atomic E-state index is 13.4. The van der Waals surface area contributed by atoms with Gasteiger partial charge in [-0.15, -0.1) is 0 Å². The number of piperidine rings is 1. The van der Waals surface area contributed by atoms with Crippen molar-refractivity contribution in [3.63, 3.8) is 0 Å². The van der Waals surface area contributed by atoms with E-state index in [2.05, 4.69) is 10.6 Å². The molecule has 1 aromatic carbocycles. The predicted octanol–water partition coefficient (Wildman–Crippen LogP) is 0.433. The van der Waals surface area contributed by atoms with E-state index >= 15 is 0 Å².